The third-order valence-corrected chi connectivity index (χ3v) is 4.25. The van der Waals surface area contributed by atoms with Crippen LogP contribution in [-0.2, 0) is 14.3 Å². The molecule has 3 rings (SSSR count). The molecule has 0 aliphatic carbocycles. The maximum Gasteiger partial charge on any atom is 0.363 e. The van der Waals surface area contributed by atoms with Gasteiger partial charge in [-0.3, -0.25) is 0 Å². The monoisotopic (exact) mass is 331 g/mol. The zero-order valence-corrected chi connectivity index (χ0v) is 14.1. The second kappa shape index (κ2) is 7.05. The molecule has 24 heavy (non-hydrogen) atoms. The zero-order chi connectivity index (χ0) is 17.1. The van der Waals surface area contributed by atoms with Gasteiger partial charge in [-0.15, -0.1) is 0 Å². The number of ether oxygens (including phenoxy) is 4. The van der Waals surface area contributed by atoms with Crippen LogP contribution in [0.5, 0.6) is 11.5 Å². The molecular weight excluding hydrogens is 310 g/mol. The molecular formula is C18H21NO5. The fourth-order valence-corrected chi connectivity index (χ4v) is 2.88. The molecule has 2 heterocycles. The molecule has 0 N–H and O–H groups in total. The van der Waals surface area contributed by atoms with E-state index in [-0.39, 0.29) is 11.6 Å². The standard InChI is InChI=1S/C18H21NO5/c1-11-8-16(22-3)13(10-15(11)21-2)9-14-18(20)24-17(19-14)12-4-6-23-7-5-12/h8-10,12H,4-7H2,1-3H3/b14-9+. The van der Waals surface area contributed by atoms with Crippen molar-refractivity contribution in [3.8, 4) is 11.5 Å². The van der Waals surface area contributed by atoms with Gasteiger partial charge < -0.3 is 18.9 Å². The summed E-state index contributed by atoms with van der Waals surface area (Å²) in [4.78, 5) is 16.5. The maximum absolute atomic E-state index is 12.1. The lowest BCUT2D eigenvalue weighted by molar-refractivity contribution is -0.130. The third-order valence-electron chi connectivity index (χ3n) is 4.25. The van der Waals surface area contributed by atoms with E-state index >= 15 is 0 Å². The first-order valence-corrected chi connectivity index (χ1v) is 7.95. The normalized spacial score (nSPS) is 20.0. The van der Waals surface area contributed by atoms with Crippen molar-refractivity contribution in [2.45, 2.75) is 19.8 Å². The van der Waals surface area contributed by atoms with Crippen LogP contribution in [0.2, 0.25) is 0 Å². The van der Waals surface area contributed by atoms with Gasteiger partial charge >= 0.3 is 5.97 Å². The van der Waals surface area contributed by atoms with Crippen molar-refractivity contribution in [2.75, 3.05) is 27.4 Å². The third kappa shape index (κ3) is 3.28. The van der Waals surface area contributed by atoms with Crippen LogP contribution in [0.4, 0.5) is 0 Å². The van der Waals surface area contributed by atoms with Gasteiger partial charge in [0.1, 0.15) is 11.5 Å². The number of carbonyl (C=O) groups is 1. The number of hydrogen-bond acceptors (Lipinski definition) is 6. The predicted octanol–water partition coefficient (Wildman–Crippen LogP) is 2.74. The molecule has 1 aromatic rings. The van der Waals surface area contributed by atoms with E-state index in [1.807, 2.05) is 19.1 Å². The van der Waals surface area contributed by atoms with Crippen molar-refractivity contribution < 1.29 is 23.7 Å². The Hall–Kier alpha value is -2.34. The van der Waals surface area contributed by atoms with Gasteiger partial charge in [0.15, 0.2) is 5.70 Å². The van der Waals surface area contributed by atoms with E-state index in [1.165, 1.54) is 0 Å². The van der Waals surface area contributed by atoms with E-state index in [2.05, 4.69) is 4.99 Å². The molecule has 0 aromatic heterocycles. The number of methoxy groups -OCH3 is 2. The average Bonchev–Trinajstić information content (AvgIpc) is 2.97. The van der Waals surface area contributed by atoms with Crippen LogP contribution in [0.3, 0.4) is 0 Å². The van der Waals surface area contributed by atoms with Crippen molar-refractivity contribution in [3.63, 3.8) is 0 Å². The maximum atomic E-state index is 12.1. The second-order valence-electron chi connectivity index (χ2n) is 5.82. The summed E-state index contributed by atoms with van der Waals surface area (Å²) in [6, 6.07) is 3.70. The topological polar surface area (TPSA) is 66.3 Å². The number of aryl methyl sites for hydroxylation is 1. The fraction of sp³-hybridized carbons (Fsp3) is 0.444. The van der Waals surface area contributed by atoms with Crippen LogP contribution < -0.4 is 9.47 Å². The number of carbonyl (C=O) groups excluding carboxylic acids is 1. The molecule has 6 heteroatoms. The Kier molecular flexibility index (Phi) is 4.85. The van der Waals surface area contributed by atoms with Crippen LogP contribution in [0.25, 0.3) is 6.08 Å². The SMILES string of the molecule is COc1cc(/C=C2/N=C(C3CCOCC3)OC2=O)c(OC)cc1C. The summed E-state index contributed by atoms with van der Waals surface area (Å²) in [6.45, 7) is 3.27. The van der Waals surface area contributed by atoms with E-state index in [0.29, 0.717) is 24.9 Å². The number of cyclic esters (lactones) is 1. The summed E-state index contributed by atoms with van der Waals surface area (Å²) in [5.41, 5.74) is 1.96. The van der Waals surface area contributed by atoms with E-state index in [1.54, 1.807) is 20.3 Å². The van der Waals surface area contributed by atoms with Crippen LogP contribution in [0.15, 0.2) is 22.8 Å². The highest BCUT2D eigenvalue weighted by Crippen LogP contribution is 2.31. The first-order valence-electron chi connectivity index (χ1n) is 7.95. The fourth-order valence-electron chi connectivity index (χ4n) is 2.88. The van der Waals surface area contributed by atoms with Crippen molar-refractivity contribution in [1.29, 1.82) is 0 Å². The largest absolute Gasteiger partial charge is 0.496 e. The second-order valence-corrected chi connectivity index (χ2v) is 5.82. The molecule has 2 aliphatic rings. The quantitative estimate of drug-likeness (QED) is 0.627. The number of hydrogen-bond donors (Lipinski definition) is 0. The summed E-state index contributed by atoms with van der Waals surface area (Å²) in [7, 11) is 3.20. The molecule has 2 aliphatic heterocycles. The lowest BCUT2D eigenvalue weighted by atomic mass is 10.0. The number of esters is 1. The highest BCUT2D eigenvalue weighted by atomic mass is 16.6. The Morgan fingerprint density at radius 1 is 1.17 bits per heavy atom. The molecule has 1 fully saturated rings. The van der Waals surface area contributed by atoms with Crippen molar-refractivity contribution in [3.05, 3.63) is 29.0 Å². The highest BCUT2D eigenvalue weighted by Gasteiger charge is 2.30. The number of aliphatic imine (C=N–C) groups is 1. The average molecular weight is 331 g/mol. The number of rotatable bonds is 4. The molecule has 0 saturated carbocycles. The van der Waals surface area contributed by atoms with Crippen LogP contribution >= 0.6 is 0 Å². The van der Waals surface area contributed by atoms with Gasteiger partial charge in [-0.05, 0) is 43.5 Å². The van der Waals surface area contributed by atoms with Gasteiger partial charge in [0.2, 0.25) is 5.90 Å². The van der Waals surface area contributed by atoms with Gasteiger partial charge in [0.05, 0.1) is 14.2 Å². The molecule has 0 atom stereocenters. The summed E-state index contributed by atoms with van der Waals surface area (Å²) in [5.74, 6) is 1.58. The van der Waals surface area contributed by atoms with Gasteiger partial charge in [0.25, 0.3) is 0 Å². The van der Waals surface area contributed by atoms with E-state index in [4.69, 9.17) is 18.9 Å². The minimum atomic E-state index is -0.432. The molecule has 1 aromatic carbocycles. The van der Waals surface area contributed by atoms with Crippen LogP contribution in [0.1, 0.15) is 24.0 Å². The van der Waals surface area contributed by atoms with E-state index in [9.17, 15) is 4.79 Å². The minimum absolute atomic E-state index is 0.142. The molecule has 0 unspecified atom stereocenters. The molecule has 0 spiro atoms. The van der Waals surface area contributed by atoms with Crippen LogP contribution in [0, 0.1) is 12.8 Å². The van der Waals surface area contributed by atoms with E-state index in [0.717, 1.165) is 29.7 Å². The van der Waals surface area contributed by atoms with Crippen molar-refractivity contribution in [2.24, 2.45) is 10.9 Å². The predicted molar refractivity (Wildman–Crippen MR) is 89.3 cm³/mol. The van der Waals surface area contributed by atoms with Crippen molar-refractivity contribution >= 4 is 17.9 Å². The Morgan fingerprint density at radius 3 is 2.54 bits per heavy atom. The molecule has 0 radical (unpaired) electrons. The molecule has 0 bridgehead atoms. The Morgan fingerprint density at radius 2 is 1.88 bits per heavy atom. The molecule has 128 valence electrons. The molecule has 1 saturated heterocycles. The smallest absolute Gasteiger partial charge is 0.363 e. The highest BCUT2D eigenvalue weighted by molar-refractivity contribution is 6.08. The summed E-state index contributed by atoms with van der Waals surface area (Å²) >= 11 is 0. The summed E-state index contributed by atoms with van der Waals surface area (Å²) < 4.78 is 21.4. The lowest BCUT2D eigenvalue weighted by Crippen LogP contribution is -2.24. The summed E-state index contributed by atoms with van der Waals surface area (Å²) in [6.07, 6.45) is 3.32. The molecule has 0 amide bonds. The first kappa shape index (κ1) is 16.5. The Labute approximate surface area is 141 Å². The number of benzene rings is 1. The van der Waals surface area contributed by atoms with Gasteiger partial charge in [-0.1, -0.05) is 0 Å². The van der Waals surface area contributed by atoms with Gasteiger partial charge in [-0.25, -0.2) is 9.79 Å². The lowest BCUT2D eigenvalue weighted by Gasteiger charge is -2.20. The van der Waals surface area contributed by atoms with Gasteiger partial charge in [0, 0.05) is 24.7 Å². The van der Waals surface area contributed by atoms with Crippen LogP contribution in [-0.4, -0.2) is 39.3 Å². The minimum Gasteiger partial charge on any atom is -0.496 e. The molecule has 6 nitrogen and oxygen atoms in total. The Bertz CT molecular complexity index is 702. The van der Waals surface area contributed by atoms with Crippen molar-refractivity contribution in [1.82, 2.24) is 0 Å². The Balaban J connectivity index is 1.92. The van der Waals surface area contributed by atoms with E-state index < -0.39 is 5.97 Å². The first-order chi connectivity index (χ1) is 11.6. The zero-order valence-electron chi connectivity index (χ0n) is 14.1. The summed E-state index contributed by atoms with van der Waals surface area (Å²) in [5, 5.41) is 0. The number of nitrogens with zero attached hydrogens (tertiary/aromatic N) is 1. The van der Waals surface area contributed by atoms with Gasteiger partial charge in [-0.2, -0.15) is 0 Å².